The summed E-state index contributed by atoms with van der Waals surface area (Å²) in [5, 5.41) is 3.96. The highest BCUT2D eigenvalue weighted by molar-refractivity contribution is 5.82. The van der Waals surface area contributed by atoms with Crippen LogP contribution in [0.3, 0.4) is 0 Å². The molecule has 0 atom stereocenters. The molecule has 0 unspecified atom stereocenters. The maximum atomic E-state index is 5.28. The Bertz CT molecular complexity index is 547. The van der Waals surface area contributed by atoms with E-state index in [4.69, 9.17) is 9.57 Å². The molecule has 0 aliphatic rings. The van der Waals surface area contributed by atoms with Gasteiger partial charge in [-0.3, -0.25) is 0 Å². The van der Waals surface area contributed by atoms with Crippen molar-refractivity contribution in [1.29, 1.82) is 0 Å². The van der Waals surface area contributed by atoms with Gasteiger partial charge < -0.3 is 9.57 Å². The summed E-state index contributed by atoms with van der Waals surface area (Å²) < 4.78 is 5.23. The van der Waals surface area contributed by atoms with Crippen molar-refractivity contribution in [2.24, 2.45) is 5.16 Å². The number of rotatable bonds is 5. The molecule has 0 saturated heterocycles. The molecule has 0 radical (unpaired) electrons. The second-order valence-corrected chi connectivity index (χ2v) is 4.24. The second kappa shape index (κ2) is 6.59. The molecular weight excluding hydrogens is 238 g/mol. The molecule has 98 valence electrons. The van der Waals surface area contributed by atoms with Gasteiger partial charge in [0.25, 0.3) is 0 Å². The molecule has 0 bridgehead atoms. The Labute approximate surface area is 113 Å². The van der Waals surface area contributed by atoms with E-state index in [0.29, 0.717) is 6.61 Å². The van der Waals surface area contributed by atoms with Gasteiger partial charge in [-0.05, 0) is 24.6 Å². The standard InChI is InChI=1S/C16H17NO2/c1-13-7-9-14(10-8-13)12-19-17-11-15-5-3-4-6-16(15)18-2/h3-11H,12H2,1-2H3. The molecule has 0 saturated carbocycles. The quantitative estimate of drug-likeness (QED) is 0.604. The van der Waals surface area contributed by atoms with E-state index < -0.39 is 0 Å². The molecule has 3 heteroatoms. The monoisotopic (exact) mass is 255 g/mol. The van der Waals surface area contributed by atoms with Crippen molar-refractivity contribution in [3.8, 4) is 5.75 Å². The SMILES string of the molecule is COc1ccccc1C=NOCc1ccc(C)cc1. The van der Waals surface area contributed by atoms with Crippen LogP contribution in [0.5, 0.6) is 5.75 Å². The van der Waals surface area contributed by atoms with Crippen molar-refractivity contribution in [2.75, 3.05) is 7.11 Å². The molecule has 0 spiro atoms. The number of methoxy groups -OCH3 is 1. The van der Waals surface area contributed by atoms with Crippen LogP contribution in [-0.4, -0.2) is 13.3 Å². The Hall–Kier alpha value is -2.29. The molecule has 0 aromatic heterocycles. The summed E-state index contributed by atoms with van der Waals surface area (Å²) in [6.45, 7) is 2.52. The average molecular weight is 255 g/mol. The minimum absolute atomic E-state index is 0.464. The van der Waals surface area contributed by atoms with E-state index >= 15 is 0 Å². The van der Waals surface area contributed by atoms with Crippen LogP contribution >= 0.6 is 0 Å². The topological polar surface area (TPSA) is 30.8 Å². The van der Waals surface area contributed by atoms with Crippen LogP contribution in [0.15, 0.2) is 53.7 Å². The summed E-state index contributed by atoms with van der Waals surface area (Å²) in [6.07, 6.45) is 1.66. The zero-order valence-electron chi connectivity index (χ0n) is 11.2. The van der Waals surface area contributed by atoms with E-state index in [2.05, 4.69) is 24.2 Å². The molecule has 2 rings (SSSR count). The summed E-state index contributed by atoms with van der Waals surface area (Å²) in [5.41, 5.74) is 3.23. The predicted octanol–water partition coefficient (Wildman–Crippen LogP) is 3.55. The highest BCUT2D eigenvalue weighted by Gasteiger charge is 1.97. The zero-order chi connectivity index (χ0) is 13.5. The normalized spacial score (nSPS) is 10.6. The number of benzene rings is 2. The average Bonchev–Trinajstić information content (AvgIpc) is 2.46. The molecule has 0 N–H and O–H groups in total. The van der Waals surface area contributed by atoms with Gasteiger partial charge in [0.2, 0.25) is 0 Å². The fraction of sp³-hybridized carbons (Fsp3) is 0.188. The van der Waals surface area contributed by atoms with Gasteiger partial charge in [0.15, 0.2) is 0 Å². The molecular formula is C16H17NO2. The molecule has 0 fully saturated rings. The second-order valence-electron chi connectivity index (χ2n) is 4.24. The number of nitrogens with zero attached hydrogens (tertiary/aromatic N) is 1. The first-order valence-electron chi connectivity index (χ1n) is 6.13. The van der Waals surface area contributed by atoms with E-state index in [1.165, 1.54) is 5.56 Å². The Morgan fingerprint density at radius 2 is 1.79 bits per heavy atom. The van der Waals surface area contributed by atoms with Crippen molar-refractivity contribution in [2.45, 2.75) is 13.5 Å². The maximum absolute atomic E-state index is 5.28. The lowest BCUT2D eigenvalue weighted by Gasteiger charge is -2.03. The first kappa shape index (κ1) is 13.1. The molecule has 0 aliphatic heterocycles. The fourth-order valence-corrected chi connectivity index (χ4v) is 1.66. The van der Waals surface area contributed by atoms with E-state index in [-0.39, 0.29) is 0 Å². The number of hydrogen-bond donors (Lipinski definition) is 0. The Kier molecular flexibility index (Phi) is 4.56. The Morgan fingerprint density at radius 3 is 2.53 bits per heavy atom. The van der Waals surface area contributed by atoms with E-state index in [1.807, 2.05) is 36.4 Å². The van der Waals surface area contributed by atoms with Crippen LogP contribution in [0.4, 0.5) is 0 Å². The van der Waals surface area contributed by atoms with Crippen molar-refractivity contribution < 1.29 is 9.57 Å². The lowest BCUT2D eigenvalue weighted by atomic mass is 10.2. The van der Waals surface area contributed by atoms with Crippen LogP contribution in [0.2, 0.25) is 0 Å². The molecule has 0 aliphatic carbocycles. The van der Waals surface area contributed by atoms with Crippen molar-refractivity contribution in [3.05, 3.63) is 65.2 Å². The van der Waals surface area contributed by atoms with Gasteiger partial charge in [0, 0.05) is 5.56 Å². The number of ether oxygens (including phenoxy) is 1. The van der Waals surface area contributed by atoms with Crippen molar-refractivity contribution in [1.82, 2.24) is 0 Å². The first-order valence-corrected chi connectivity index (χ1v) is 6.13. The largest absolute Gasteiger partial charge is 0.496 e. The van der Waals surface area contributed by atoms with Crippen LogP contribution in [0.1, 0.15) is 16.7 Å². The molecule has 0 heterocycles. The summed E-state index contributed by atoms with van der Waals surface area (Å²) >= 11 is 0. The highest BCUT2D eigenvalue weighted by atomic mass is 16.6. The van der Waals surface area contributed by atoms with Gasteiger partial charge in [0.05, 0.1) is 13.3 Å². The van der Waals surface area contributed by atoms with Crippen molar-refractivity contribution >= 4 is 6.21 Å². The Morgan fingerprint density at radius 1 is 1.05 bits per heavy atom. The van der Waals surface area contributed by atoms with E-state index in [9.17, 15) is 0 Å². The molecule has 2 aromatic rings. The van der Waals surface area contributed by atoms with Crippen molar-refractivity contribution in [3.63, 3.8) is 0 Å². The van der Waals surface area contributed by atoms with Gasteiger partial charge >= 0.3 is 0 Å². The lowest BCUT2D eigenvalue weighted by Crippen LogP contribution is -1.91. The third-order valence-electron chi connectivity index (χ3n) is 2.76. The zero-order valence-corrected chi connectivity index (χ0v) is 11.2. The van der Waals surface area contributed by atoms with Gasteiger partial charge in [-0.1, -0.05) is 47.1 Å². The molecule has 2 aromatic carbocycles. The number of para-hydroxylation sites is 1. The fourth-order valence-electron chi connectivity index (χ4n) is 1.66. The van der Waals surface area contributed by atoms with Crippen LogP contribution in [-0.2, 0) is 11.4 Å². The van der Waals surface area contributed by atoms with E-state index in [0.717, 1.165) is 16.9 Å². The van der Waals surface area contributed by atoms with Gasteiger partial charge in [0.1, 0.15) is 12.4 Å². The van der Waals surface area contributed by atoms with Crippen LogP contribution < -0.4 is 4.74 Å². The van der Waals surface area contributed by atoms with Gasteiger partial charge in [-0.15, -0.1) is 0 Å². The minimum atomic E-state index is 0.464. The molecule has 0 amide bonds. The van der Waals surface area contributed by atoms with Crippen LogP contribution in [0, 0.1) is 6.92 Å². The molecule has 3 nitrogen and oxygen atoms in total. The molecule has 19 heavy (non-hydrogen) atoms. The Balaban J connectivity index is 1.91. The lowest BCUT2D eigenvalue weighted by molar-refractivity contribution is 0.132. The minimum Gasteiger partial charge on any atom is -0.496 e. The smallest absolute Gasteiger partial charge is 0.142 e. The maximum Gasteiger partial charge on any atom is 0.142 e. The summed E-state index contributed by atoms with van der Waals surface area (Å²) in [7, 11) is 1.64. The number of oxime groups is 1. The number of hydrogen-bond acceptors (Lipinski definition) is 3. The summed E-state index contributed by atoms with van der Waals surface area (Å²) in [4.78, 5) is 5.28. The third kappa shape index (κ3) is 3.85. The third-order valence-corrected chi connectivity index (χ3v) is 2.76. The highest BCUT2D eigenvalue weighted by Crippen LogP contribution is 2.14. The van der Waals surface area contributed by atoms with Crippen LogP contribution in [0.25, 0.3) is 0 Å². The van der Waals surface area contributed by atoms with Gasteiger partial charge in [-0.2, -0.15) is 0 Å². The van der Waals surface area contributed by atoms with E-state index in [1.54, 1.807) is 13.3 Å². The predicted molar refractivity (Wildman–Crippen MR) is 76.6 cm³/mol. The number of aryl methyl sites for hydroxylation is 1. The summed E-state index contributed by atoms with van der Waals surface area (Å²) in [6, 6.07) is 15.9. The summed E-state index contributed by atoms with van der Waals surface area (Å²) in [5.74, 6) is 0.783. The van der Waals surface area contributed by atoms with Gasteiger partial charge in [-0.25, -0.2) is 0 Å². The first-order chi connectivity index (χ1) is 9.29.